The number of nitrogens with one attached hydrogen (secondary N) is 2. The average Bonchev–Trinajstić information content (AvgIpc) is 3.22. The first kappa shape index (κ1) is 20.7. The molecule has 0 fully saturated rings. The zero-order valence-electron chi connectivity index (χ0n) is 16.6. The van der Waals surface area contributed by atoms with Crippen LogP contribution in [0.3, 0.4) is 0 Å². The number of ether oxygens (including phenoxy) is 1. The Morgan fingerprint density at radius 2 is 1.97 bits per heavy atom. The SMILES string of the molecule is CCNC(=NCc1ccn(-c2ccc(OC)cc2)n1)NCCc1ccc(Cl)nc1. The summed E-state index contributed by atoms with van der Waals surface area (Å²) in [5.74, 6) is 1.58. The van der Waals surface area contributed by atoms with Crippen LogP contribution in [0.4, 0.5) is 0 Å². The van der Waals surface area contributed by atoms with Crippen molar-refractivity contribution in [1.82, 2.24) is 25.4 Å². The van der Waals surface area contributed by atoms with Crippen molar-refractivity contribution in [2.45, 2.75) is 19.9 Å². The van der Waals surface area contributed by atoms with Gasteiger partial charge in [0.2, 0.25) is 0 Å². The molecule has 0 saturated heterocycles. The zero-order valence-corrected chi connectivity index (χ0v) is 17.4. The highest BCUT2D eigenvalue weighted by Gasteiger charge is 2.03. The van der Waals surface area contributed by atoms with Gasteiger partial charge in [-0.1, -0.05) is 17.7 Å². The van der Waals surface area contributed by atoms with E-state index >= 15 is 0 Å². The molecule has 2 aromatic heterocycles. The number of nitrogens with zero attached hydrogens (tertiary/aromatic N) is 4. The average molecular weight is 413 g/mol. The number of pyridine rings is 1. The van der Waals surface area contributed by atoms with E-state index in [4.69, 9.17) is 16.3 Å². The predicted octanol–water partition coefficient (Wildman–Crippen LogP) is 3.23. The van der Waals surface area contributed by atoms with Gasteiger partial charge in [0.25, 0.3) is 0 Å². The molecule has 1 aromatic carbocycles. The topological polar surface area (TPSA) is 76.4 Å². The van der Waals surface area contributed by atoms with Crippen molar-refractivity contribution in [2.75, 3.05) is 20.2 Å². The molecule has 2 heterocycles. The van der Waals surface area contributed by atoms with E-state index in [0.29, 0.717) is 11.7 Å². The van der Waals surface area contributed by atoms with E-state index in [1.807, 2.05) is 54.2 Å². The molecule has 29 heavy (non-hydrogen) atoms. The Kier molecular flexibility index (Phi) is 7.47. The smallest absolute Gasteiger partial charge is 0.191 e. The van der Waals surface area contributed by atoms with Crippen LogP contribution in [0.15, 0.2) is 59.9 Å². The van der Waals surface area contributed by atoms with E-state index in [2.05, 4.69) is 25.7 Å². The lowest BCUT2D eigenvalue weighted by molar-refractivity contribution is 0.414. The standard InChI is InChI=1S/C21H25ClN6O/c1-3-23-21(24-12-10-16-4-9-20(22)25-14-16)26-15-17-11-13-28(27-17)18-5-7-19(29-2)8-6-18/h4-9,11,13-14H,3,10,12,15H2,1-2H3,(H2,23,24,26). The van der Waals surface area contributed by atoms with E-state index in [1.54, 1.807) is 19.4 Å². The third kappa shape index (κ3) is 6.22. The van der Waals surface area contributed by atoms with Gasteiger partial charge in [-0.25, -0.2) is 14.7 Å². The van der Waals surface area contributed by atoms with Crippen molar-refractivity contribution in [1.29, 1.82) is 0 Å². The van der Waals surface area contributed by atoms with Gasteiger partial charge in [0, 0.05) is 25.5 Å². The lowest BCUT2D eigenvalue weighted by Gasteiger charge is -2.11. The molecule has 0 aliphatic heterocycles. The molecule has 7 nitrogen and oxygen atoms in total. The van der Waals surface area contributed by atoms with Crippen LogP contribution in [0.1, 0.15) is 18.2 Å². The van der Waals surface area contributed by atoms with Crippen LogP contribution in [0.25, 0.3) is 5.69 Å². The van der Waals surface area contributed by atoms with Gasteiger partial charge in [0.1, 0.15) is 10.9 Å². The molecular weight excluding hydrogens is 388 g/mol. The molecule has 0 unspecified atom stereocenters. The van der Waals surface area contributed by atoms with Crippen LogP contribution in [0.2, 0.25) is 5.15 Å². The molecule has 0 bridgehead atoms. The van der Waals surface area contributed by atoms with Crippen molar-refractivity contribution >= 4 is 17.6 Å². The van der Waals surface area contributed by atoms with Crippen molar-refractivity contribution < 1.29 is 4.74 Å². The zero-order chi connectivity index (χ0) is 20.5. The lowest BCUT2D eigenvalue weighted by atomic mass is 10.2. The highest BCUT2D eigenvalue weighted by atomic mass is 35.5. The van der Waals surface area contributed by atoms with Crippen LogP contribution in [-0.4, -0.2) is 40.9 Å². The molecule has 2 N–H and O–H groups in total. The number of rotatable bonds is 8. The summed E-state index contributed by atoms with van der Waals surface area (Å²) in [6.07, 6.45) is 4.56. The highest BCUT2D eigenvalue weighted by molar-refractivity contribution is 6.29. The van der Waals surface area contributed by atoms with Crippen molar-refractivity contribution in [3.05, 3.63) is 71.3 Å². The highest BCUT2D eigenvalue weighted by Crippen LogP contribution is 2.14. The maximum atomic E-state index is 5.82. The van der Waals surface area contributed by atoms with Gasteiger partial charge in [-0.3, -0.25) is 0 Å². The molecule has 0 aliphatic rings. The van der Waals surface area contributed by atoms with Gasteiger partial charge < -0.3 is 15.4 Å². The molecule has 0 aliphatic carbocycles. The third-order valence-electron chi connectivity index (χ3n) is 4.22. The van der Waals surface area contributed by atoms with Crippen molar-refractivity contribution in [2.24, 2.45) is 4.99 Å². The summed E-state index contributed by atoms with van der Waals surface area (Å²) in [7, 11) is 1.65. The van der Waals surface area contributed by atoms with Crippen LogP contribution in [0.5, 0.6) is 5.75 Å². The predicted molar refractivity (Wildman–Crippen MR) is 116 cm³/mol. The first-order chi connectivity index (χ1) is 14.2. The van der Waals surface area contributed by atoms with E-state index in [-0.39, 0.29) is 0 Å². The lowest BCUT2D eigenvalue weighted by Crippen LogP contribution is -2.38. The second-order valence-electron chi connectivity index (χ2n) is 6.31. The molecular formula is C21H25ClN6O. The number of hydrogen-bond donors (Lipinski definition) is 2. The molecule has 0 radical (unpaired) electrons. The number of hydrogen-bond acceptors (Lipinski definition) is 4. The molecule has 152 valence electrons. The van der Waals surface area contributed by atoms with Gasteiger partial charge in [-0.15, -0.1) is 0 Å². The van der Waals surface area contributed by atoms with Gasteiger partial charge >= 0.3 is 0 Å². The number of benzene rings is 1. The minimum atomic E-state index is 0.487. The second-order valence-corrected chi connectivity index (χ2v) is 6.70. The fourth-order valence-electron chi connectivity index (χ4n) is 2.71. The Balaban J connectivity index is 1.56. The number of methoxy groups -OCH3 is 1. The summed E-state index contributed by atoms with van der Waals surface area (Å²) in [5, 5.41) is 11.7. The van der Waals surface area contributed by atoms with Gasteiger partial charge in [-0.05, 0) is 55.3 Å². The Morgan fingerprint density at radius 3 is 2.66 bits per heavy atom. The number of aliphatic imine (C=N–C) groups is 1. The second kappa shape index (κ2) is 10.5. The molecule has 3 rings (SSSR count). The summed E-state index contributed by atoms with van der Waals surface area (Å²) in [4.78, 5) is 8.73. The van der Waals surface area contributed by atoms with Crippen LogP contribution < -0.4 is 15.4 Å². The van der Waals surface area contributed by atoms with E-state index < -0.39 is 0 Å². The molecule has 0 spiro atoms. The first-order valence-electron chi connectivity index (χ1n) is 9.49. The Morgan fingerprint density at radius 1 is 1.14 bits per heavy atom. The normalized spacial score (nSPS) is 11.3. The monoisotopic (exact) mass is 412 g/mol. The van der Waals surface area contributed by atoms with E-state index in [1.165, 1.54) is 0 Å². The maximum absolute atomic E-state index is 5.82. The van der Waals surface area contributed by atoms with Gasteiger partial charge in [0.05, 0.1) is 25.0 Å². The van der Waals surface area contributed by atoms with E-state index in [9.17, 15) is 0 Å². The molecule has 0 amide bonds. The fraction of sp³-hybridized carbons (Fsp3) is 0.286. The molecule has 3 aromatic rings. The Hall–Kier alpha value is -3.06. The Labute approximate surface area is 175 Å². The van der Waals surface area contributed by atoms with Gasteiger partial charge in [-0.2, -0.15) is 5.10 Å². The minimum absolute atomic E-state index is 0.487. The van der Waals surface area contributed by atoms with Crippen molar-refractivity contribution in [3.8, 4) is 11.4 Å². The number of halogens is 1. The summed E-state index contributed by atoms with van der Waals surface area (Å²) >= 11 is 5.82. The number of guanidine groups is 1. The Bertz CT molecular complexity index is 921. The fourth-order valence-corrected chi connectivity index (χ4v) is 2.82. The molecule has 0 saturated carbocycles. The van der Waals surface area contributed by atoms with E-state index in [0.717, 1.165) is 48.2 Å². The number of aromatic nitrogens is 3. The molecule has 8 heteroatoms. The first-order valence-corrected chi connectivity index (χ1v) is 9.87. The summed E-state index contributed by atoms with van der Waals surface area (Å²) in [5.41, 5.74) is 2.98. The van der Waals surface area contributed by atoms with Crippen LogP contribution >= 0.6 is 11.6 Å². The van der Waals surface area contributed by atoms with Crippen molar-refractivity contribution in [3.63, 3.8) is 0 Å². The van der Waals surface area contributed by atoms with Gasteiger partial charge in [0.15, 0.2) is 5.96 Å². The quantitative estimate of drug-likeness (QED) is 0.337. The largest absolute Gasteiger partial charge is 0.497 e. The summed E-state index contributed by atoms with van der Waals surface area (Å²) in [6.45, 7) is 4.06. The van der Waals surface area contributed by atoms with Crippen LogP contribution in [0, 0.1) is 0 Å². The third-order valence-corrected chi connectivity index (χ3v) is 4.44. The summed E-state index contributed by atoms with van der Waals surface area (Å²) in [6, 6.07) is 13.5. The molecule has 0 atom stereocenters. The maximum Gasteiger partial charge on any atom is 0.191 e. The minimum Gasteiger partial charge on any atom is -0.497 e. The van der Waals surface area contributed by atoms with Crippen LogP contribution in [-0.2, 0) is 13.0 Å². The summed E-state index contributed by atoms with van der Waals surface area (Å²) < 4.78 is 7.02.